The number of hydrogen-bond acceptors (Lipinski definition) is 5. The average molecular weight is 291 g/mol. The Bertz CT molecular complexity index is 632. The largest absolute Gasteiger partial charge is 0.448 e. The fraction of sp³-hybridized carbons (Fsp3) is 0.500. The lowest BCUT2D eigenvalue weighted by atomic mass is 9.91. The molecule has 2 aromatic rings. The van der Waals surface area contributed by atoms with Crippen LogP contribution in [0, 0.1) is 13.8 Å². The summed E-state index contributed by atoms with van der Waals surface area (Å²) in [4.78, 5) is 22.0. The van der Waals surface area contributed by atoms with E-state index in [2.05, 4.69) is 15.3 Å². The highest BCUT2D eigenvalue weighted by atomic mass is 32.1. The lowest BCUT2D eigenvalue weighted by Gasteiger charge is -2.21. The molecule has 1 amide bonds. The molecule has 0 spiro atoms. The number of fused-ring (bicyclic) bond motifs is 1. The number of aromatic nitrogens is 2. The highest BCUT2D eigenvalue weighted by Crippen LogP contribution is 2.34. The minimum atomic E-state index is -0.171. The molecule has 3 rings (SSSR count). The minimum absolute atomic E-state index is 0.171. The number of oxazole rings is 1. The van der Waals surface area contributed by atoms with Crippen molar-refractivity contribution < 1.29 is 9.21 Å². The third-order valence-corrected chi connectivity index (χ3v) is 4.69. The zero-order valence-corrected chi connectivity index (χ0v) is 12.4. The molecular weight excluding hydrogens is 274 g/mol. The maximum Gasteiger partial charge on any atom is 0.273 e. The fourth-order valence-electron chi connectivity index (χ4n) is 2.65. The smallest absolute Gasteiger partial charge is 0.273 e. The summed E-state index contributed by atoms with van der Waals surface area (Å²) in [5.74, 6) is 0.700. The third-order valence-electron chi connectivity index (χ3n) is 3.65. The summed E-state index contributed by atoms with van der Waals surface area (Å²) < 4.78 is 5.05. The second kappa shape index (κ2) is 5.36. The summed E-state index contributed by atoms with van der Waals surface area (Å²) in [5.41, 5.74) is 1.55. The molecule has 1 aliphatic rings. The van der Waals surface area contributed by atoms with Crippen molar-refractivity contribution >= 4 is 17.2 Å². The molecule has 0 fully saturated rings. The van der Waals surface area contributed by atoms with Gasteiger partial charge in [0.1, 0.15) is 5.76 Å². The Labute approximate surface area is 121 Å². The van der Waals surface area contributed by atoms with Crippen LogP contribution >= 0.6 is 11.3 Å². The van der Waals surface area contributed by atoms with Crippen LogP contribution in [-0.4, -0.2) is 22.4 Å². The lowest BCUT2D eigenvalue weighted by Crippen LogP contribution is -2.30. The molecule has 0 radical (unpaired) electrons. The van der Waals surface area contributed by atoms with E-state index >= 15 is 0 Å². The van der Waals surface area contributed by atoms with Gasteiger partial charge < -0.3 is 9.73 Å². The lowest BCUT2D eigenvalue weighted by molar-refractivity contribution is 0.0944. The number of amides is 1. The Hall–Kier alpha value is -1.69. The summed E-state index contributed by atoms with van der Waals surface area (Å²) in [6.07, 6.45) is 4.66. The highest BCUT2D eigenvalue weighted by Gasteiger charge is 2.25. The van der Waals surface area contributed by atoms with Crippen LogP contribution in [0.4, 0.5) is 0 Å². The van der Waals surface area contributed by atoms with E-state index in [4.69, 9.17) is 4.42 Å². The van der Waals surface area contributed by atoms with E-state index in [-0.39, 0.29) is 5.91 Å². The van der Waals surface area contributed by atoms with Gasteiger partial charge in [0.05, 0.1) is 10.7 Å². The molecule has 1 atom stereocenters. The SMILES string of the molecule is Cc1nc2c(s1)CCC[C@H]2CNC(=O)c1ncoc1C. The first-order valence-electron chi connectivity index (χ1n) is 6.79. The number of carbonyl (C=O) groups is 1. The van der Waals surface area contributed by atoms with Crippen molar-refractivity contribution in [3.63, 3.8) is 0 Å². The summed E-state index contributed by atoms with van der Waals surface area (Å²) in [6, 6.07) is 0. The van der Waals surface area contributed by atoms with Crippen LogP contribution < -0.4 is 5.32 Å². The number of aryl methyl sites for hydroxylation is 3. The van der Waals surface area contributed by atoms with Crippen molar-refractivity contribution in [1.82, 2.24) is 15.3 Å². The number of thiazole rings is 1. The second-order valence-corrected chi connectivity index (χ2v) is 6.39. The maximum absolute atomic E-state index is 12.0. The van der Waals surface area contributed by atoms with Gasteiger partial charge in [-0.25, -0.2) is 9.97 Å². The van der Waals surface area contributed by atoms with E-state index < -0.39 is 0 Å². The number of rotatable bonds is 3. The minimum Gasteiger partial charge on any atom is -0.448 e. The van der Waals surface area contributed by atoms with Crippen molar-refractivity contribution in [3.05, 3.63) is 33.4 Å². The van der Waals surface area contributed by atoms with E-state index in [0.29, 0.717) is 23.9 Å². The van der Waals surface area contributed by atoms with E-state index in [9.17, 15) is 4.79 Å². The van der Waals surface area contributed by atoms with Crippen molar-refractivity contribution in [3.8, 4) is 0 Å². The number of hydrogen-bond donors (Lipinski definition) is 1. The Morgan fingerprint density at radius 1 is 1.55 bits per heavy atom. The van der Waals surface area contributed by atoms with E-state index in [1.165, 1.54) is 17.0 Å². The molecular formula is C14H17N3O2S. The predicted octanol–water partition coefficient (Wildman–Crippen LogP) is 2.60. The molecule has 2 aromatic heterocycles. The van der Waals surface area contributed by atoms with Gasteiger partial charge in [0.15, 0.2) is 12.1 Å². The molecule has 0 unspecified atom stereocenters. The number of nitrogens with one attached hydrogen (secondary N) is 1. The van der Waals surface area contributed by atoms with Crippen LogP contribution in [0.15, 0.2) is 10.8 Å². The highest BCUT2D eigenvalue weighted by molar-refractivity contribution is 7.11. The molecule has 6 heteroatoms. The van der Waals surface area contributed by atoms with E-state index in [1.807, 2.05) is 6.92 Å². The Balaban J connectivity index is 1.68. The molecule has 1 aliphatic carbocycles. The average Bonchev–Trinajstić information content (AvgIpc) is 3.00. The van der Waals surface area contributed by atoms with Gasteiger partial charge in [-0.15, -0.1) is 11.3 Å². The van der Waals surface area contributed by atoms with Gasteiger partial charge in [-0.3, -0.25) is 4.79 Å². The Morgan fingerprint density at radius 2 is 2.40 bits per heavy atom. The molecule has 1 N–H and O–H groups in total. The van der Waals surface area contributed by atoms with E-state index in [1.54, 1.807) is 18.3 Å². The summed E-state index contributed by atoms with van der Waals surface area (Å²) in [7, 11) is 0. The van der Waals surface area contributed by atoms with Gasteiger partial charge in [0.25, 0.3) is 5.91 Å². The second-order valence-electron chi connectivity index (χ2n) is 5.10. The van der Waals surface area contributed by atoms with Crippen molar-refractivity contribution in [2.45, 2.75) is 39.0 Å². The molecule has 2 heterocycles. The zero-order valence-electron chi connectivity index (χ0n) is 11.6. The van der Waals surface area contributed by atoms with Gasteiger partial charge in [0.2, 0.25) is 0 Å². The Morgan fingerprint density at radius 3 is 3.15 bits per heavy atom. The van der Waals surface area contributed by atoms with Crippen molar-refractivity contribution in [2.24, 2.45) is 0 Å². The van der Waals surface area contributed by atoms with Crippen LogP contribution in [0.25, 0.3) is 0 Å². The first kappa shape index (κ1) is 13.3. The summed E-state index contributed by atoms with van der Waals surface area (Å²) >= 11 is 1.78. The zero-order chi connectivity index (χ0) is 14.1. The number of carbonyl (C=O) groups excluding carboxylic acids is 1. The number of nitrogens with zero attached hydrogens (tertiary/aromatic N) is 2. The van der Waals surface area contributed by atoms with Gasteiger partial charge in [-0.05, 0) is 33.1 Å². The van der Waals surface area contributed by atoms with Crippen LogP contribution in [0.5, 0.6) is 0 Å². The van der Waals surface area contributed by atoms with Gasteiger partial charge in [0, 0.05) is 17.3 Å². The maximum atomic E-state index is 12.0. The molecule has 20 heavy (non-hydrogen) atoms. The normalized spacial score (nSPS) is 17.8. The molecule has 0 aromatic carbocycles. The van der Waals surface area contributed by atoms with Crippen molar-refractivity contribution in [2.75, 3.05) is 6.54 Å². The van der Waals surface area contributed by atoms with Crippen LogP contribution in [0.1, 0.15) is 50.6 Å². The summed E-state index contributed by atoms with van der Waals surface area (Å²) in [5, 5.41) is 4.06. The van der Waals surface area contributed by atoms with Crippen molar-refractivity contribution in [1.29, 1.82) is 0 Å². The molecule has 0 saturated carbocycles. The standard InChI is InChI=1S/C14H17N3O2S/c1-8-12(16-7-19-8)14(18)15-6-10-4-3-5-11-13(10)17-9(2)20-11/h7,10H,3-6H2,1-2H3,(H,15,18)/t10-/m0/s1. The van der Waals surface area contributed by atoms with Crippen LogP contribution in [0.3, 0.4) is 0 Å². The van der Waals surface area contributed by atoms with Crippen LogP contribution in [-0.2, 0) is 6.42 Å². The quantitative estimate of drug-likeness (QED) is 0.943. The Kier molecular flexibility index (Phi) is 3.56. The first-order chi connectivity index (χ1) is 9.65. The summed E-state index contributed by atoms with van der Waals surface area (Å²) in [6.45, 7) is 4.39. The molecule has 0 bridgehead atoms. The van der Waals surface area contributed by atoms with Gasteiger partial charge >= 0.3 is 0 Å². The first-order valence-corrected chi connectivity index (χ1v) is 7.61. The molecule has 106 valence electrons. The van der Waals surface area contributed by atoms with Gasteiger partial charge in [-0.1, -0.05) is 0 Å². The fourth-order valence-corrected chi connectivity index (χ4v) is 3.71. The monoisotopic (exact) mass is 291 g/mol. The van der Waals surface area contributed by atoms with Gasteiger partial charge in [-0.2, -0.15) is 0 Å². The van der Waals surface area contributed by atoms with Crippen LogP contribution in [0.2, 0.25) is 0 Å². The van der Waals surface area contributed by atoms with E-state index in [0.717, 1.165) is 24.3 Å². The molecule has 5 nitrogen and oxygen atoms in total. The topological polar surface area (TPSA) is 68.0 Å². The third kappa shape index (κ3) is 2.47. The molecule has 0 saturated heterocycles. The molecule has 0 aliphatic heterocycles. The predicted molar refractivity (Wildman–Crippen MR) is 76.1 cm³/mol.